The van der Waals surface area contributed by atoms with E-state index in [0.717, 1.165) is 39.1 Å². The molecular weight excluding hydrogens is 396 g/mol. The van der Waals surface area contributed by atoms with Crippen LogP contribution in [-0.4, -0.2) is 114 Å². The maximum absolute atomic E-state index is 8.38. The van der Waals surface area contributed by atoms with Crippen LogP contribution in [0.25, 0.3) is 0 Å². The van der Waals surface area contributed by atoms with Crippen molar-refractivity contribution < 1.29 is 43.7 Å². The normalized spacial score (nSPS) is 10.2. The van der Waals surface area contributed by atoms with E-state index in [2.05, 4.69) is 13.8 Å². The van der Waals surface area contributed by atoms with Gasteiger partial charge in [-0.05, 0) is 19.3 Å². The van der Waals surface area contributed by atoms with Crippen LogP contribution in [0.1, 0.15) is 40.0 Å². The third-order valence-corrected chi connectivity index (χ3v) is 2.87. The van der Waals surface area contributed by atoms with Crippen molar-refractivity contribution in [3.63, 3.8) is 0 Å². The Labute approximate surface area is 183 Å². The highest BCUT2D eigenvalue weighted by atomic mass is 16.5. The van der Waals surface area contributed by atoms with E-state index in [1.165, 1.54) is 0 Å². The van der Waals surface area contributed by atoms with Crippen LogP contribution in [0, 0.1) is 0 Å². The monoisotopic (exact) mass is 444 g/mol. The summed E-state index contributed by atoms with van der Waals surface area (Å²) in [4.78, 5) is 0. The van der Waals surface area contributed by atoms with Crippen LogP contribution in [0.5, 0.6) is 0 Å². The molecule has 0 aromatic carbocycles. The van der Waals surface area contributed by atoms with E-state index in [1.807, 2.05) is 6.92 Å². The summed E-state index contributed by atoms with van der Waals surface area (Å²) in [5.74, 6) is 0. The lowest BCUT2D eigenvalue weighted by molar-refractivity contribution is 0.00783. The molecule has 30 heavy (non-hydrogen) atoms. The Morgan fingerprint density at radius 2 is 0.533 bits per heavy atom. The number of hydrogen-bond donors (Lipinski definition) is 3. The van der Waals surface area contributed by atoms with Crippen LogP contribution in [0.3, 0.4) is 0 Å². The molecule has 0 spiro atoms. The van der Waals surface area contributed by atoms with Gasteiger partial charge in [0.05, 0.1) is 79.3 Å². The lowest BCUT2D eigenvalue weighted by atomic mass is 10.5. The van der Waals surface area contributed by atoms with E-state index >= 15 is 0 Å². The van der Waals surface area contributed by atoms with Crippen molar-refractivity contribution in [2.75, 3.05) is 99.1 Å². The molecule has 186 valence electrons. The molecule has 0 aliphatic rings. The molecule has 0 aliphatic carbocycles. The number of aliphatic hydroxyl groups excluding tert-OH is 3. The van der Waals surface area contributed by atoms with Gasteiger partial charge in [0.15, 0.2) is 0 Å². The fourth-order valence-electron chi connectivity index (χ4n) is 1.59. The van der Waals surface area contributed by atoms with Gasteiger partial charge in [-0.15, -0.1) is 0 Å². The van der Waals surface area contributed by atoms with E-state index in [9.17, 15) is 0 Å². The van der Waals surface area contributed by atoms with Crippen LogP contribution in [-0.2, 0) is 28.4 Å². The summed E-state index contributed by atoms with van der Waals surface area (Å²) in [6, 6.07) is 0. The summed E-state index contributed by atoms with van der Waals surface area (Å²) >= 11 is 0. The second-order valence-electron chi connectivity index (χ2n) is 5.85. The highest BCUT2D eigenvalue weighted by Gasteiger charge is 1.90. The molecule has 3 N–H and O–H groups in total. The number of aliphatic hydroxyl groups is 3. The van der Waals surface area contributed by atoms with Crippen molar-refractivity contribution in [1.29, 1.82) is 0 Å². The third kappa shape index (κ3) is 46.0. The van der Waals surface area contributed by atoms with Crippen molar-refractivity contribution in [1.82, 2.24) is 0 Å². The first kappa shape index (κ1) is 34.3. The van der Waals surface area contributed by atoms with Crippen molar-refractivity contribution >= 4 is 0 Å². The first-order chi connectivity index (χ1) is 14.7. The molecule has 0 rings (SSSR count). The minimum atomic E-state index is 0.0691. The molecule has 0 bridgehead atoms. The maximum atomic E-state index is 8.38. The zero-order valence-electron chi connectivity index (χ0n) is 19.5. The van der Waals surface area contributed by atoms with Crippen LogP contribution in [0.4, 0.5) is 0 Å². The summed E-state index contributed by atoms with van der Waals surface area (Å²) in [6.07, 6.45) is 3.11. The Kier molecular flexibility index (Phi) is 44.7. The molecule has 9 heteroatoms. The summed E-state index contributed by atoms with van der Waals surface area (Å²) in [7, 11) is 0. The first-order valence-corrected chi connectivity index (χ1v) is 11.0. The molecule has 9 nitrogen and oxygen atoms in total. The van der Waals surface area contributed by atoms with Crippen LogP contribution in [0.2, 0.25) is 0 Å². The fraction of sp³-hybridized carbons (Fsp3) is 1.00. The molecule has 0 fully saturated rings. The Morgan fingerprint density at radius 3 is 0.767 bits per heavy atom. The second-order valence-corrected chi connectivity index (χ2v) is 5.85. The molecule has 0 unspecified atom stereocenters. The van der Waals surface area contributed by atoms with Gasteiger partial charge in [-0.25, -0.2) is 0 Å². The Hall–Kier alpha value is -0.360. The molecule has 0 aromatic heterocycles. The van der Waals surface area contributed by atoms with Gasteiger partial charge in [-0.1, -0.05) is 20.8 Å². The van der Waals surface area contributed by atoms with E-state index in [0.29, 0.717) is 59.5 Å². The Morgan fingerprint density at radius 1 is 0.333 bits per heavy atom. The van der Waals surface area contributed by atoms with Gasteiger partial charge in [0.1, 0.15) is 0 Å². The summed E-state index contributed by atoms with van der Waals surface area (Å²) < 4.78 is 30.4. The van der Waals surface area contributed by atoms with Crippen molar-refractivity contribution in [3.05, 3.63) is 0 Å². The fourth-order valence-corrected chi connectivity index (χ4v) is 1.59. The van der Waals surface area contributed by atoms with Gasteiger partial charge in [0, 0.05) is 19.8 Å². The highest BCUT2D eigenvalue weighted by Crippen LogP contribution is 1.83. The molecule has 0 heterocycles. The van der Waals surface area contributed by atoms with E-state index in [1.54, 1.807) is 0 Å². The smallest absolute Gasteiger partial charge is 0.0701 e. The number of hydrogen-bond acceptors (Lipinski definition) is 9. The second kappa shape index (κ2) is 39.2. The largest absolute Gasteiger partial charge is 0.394 e. The lowest BCUT2D eigenvalue weighted by Gasteiger charge is -2.05. The van der Waals surface area contributed by atoms with Crippen molar-refractivity contribution in [2.24, 2.45) is 0 Å². The summed E-state index contributed by atoms with van der Waals surface area (Å²) in [5.41, 5.74) is 0. The Bertz CT molecular complexity index is 225. The number of ether oxygens (including phenoxy) is 6. The quantitative estimate of drug-likeness (QED) is 0.225. The molecule has 0 saturated carbocycles. The molecular formula is C21H48O9. The predicted octanol–water partition coefficient (Wildman–Crippen LogP) is 1.27. The Balaban J connectivity index is -0.000000383. The summed E-state index contributed by atoms with van der Waals surface area (Å²) in [6.45, 7) is 13.7. The van der Waals surface area contributed by atoms with Gasteiger partial charge < -0.3 is 43.7 Å². The molecule has 0 atom stereocenters. The van der Waals surface area contributed by atoms with Crippen molar-refractivity contribution in [3.8, 4) is 0 Å². The van der Waals surface area contributed by atoms with Gasteiger partial charge in [-0.3, -0.25) is 0 Å². The van der Waals surface area contributed by atoms with Gasteiger partial charge in [0.2, 0.25) is 0 Å². The minimum absolute atomic E-state index is 0.0691. The lowest BCUT2D eigenvalue weighted by Crippen LogP contribution is -2.10. The highest BCUT2D eigenvalue weighted by molar-refractivity contribution is 4.33. The SMILES string of the molecule is CCCOCCO.CCCOCCOCCO.CCCOCCOCCOCCO. The molecule has 0 aromatic rings. The molecule has 0 amide bonds. The van der Waals surface area contributed by atoms with Crippen molar-refractivity contribution in [2.45, 2.75) is 40.0 Å². The predicted molar refractivity (Wildman–Crippen MR) is 117 cm³/mol. The van der Waals surface area contributed by atoms with E-state index in [-0.39, 0.29) is 19.8 Å². The van der Waals surface area contributed by atoms with Gasteiger partial charge >= 0.3 is 0 Å². The number of rotatable bonds is 21. The average molecular weight is 445 g/mol. The van der Waals surface area contributed by atoms with Crippen LogP contribution in [0.15, 0.2) is 0 Å². The molecule has 0 aliphatic heterocycles. The molecule has 0 radical (unpaired) electrons. The zero-order chi connectivity index (χ0) is 23.0. The van der Waals surface area contributed by atoms with E-state index in [4.69, 9.17) is 43.7 Å². The average Bonchev–Trinajstić information content (AvgIpc) is 2.76. The van der Waals surface area contributed by atoms with Gasteiger partial charge in [-0.2, -0.15) is 0 Å². The van der Waals surface area contributed by atoms with E-state index < -0.39 is 0 Å². The van der Waals surface area contributed by atoms with Crippen LogP contribution >= 0.6 is 0 Å². The van der Waals surface area contributed by atoms with Crippen LogP contribution < -0.4 is 0 Å². The summed E-state index contributed by atoms with van der Waals surface area (Å²) in [5, 5.41) is 24.9. The minimum Gasteiger partial charge on any atom is -0.394 e. The molecule has 0 saturated heterocycles. The zero-order valence-corrected chi connectivity index (χ0v) is 19.5. The first-order valence-electron chi connectivity index (χ1n) is 11.0. The van der Waals surface area contributed by atoms with Gasteiger partial charge in [0.25, 0.3) is 0 Å². The topological polar surface area (TPSA) is 116 Å². The third-order valence-electron chi connectivity index (χ3n) is 2.87. The standard InChI is InChI=1S/C9H20O4.C7H16O3.C5H12O2/c1-2-4-11-6-8-13-9-7-12-5-3-10;1-2-4-9-6-7-10-5-3-8;1-2-4-7-5-3-6/h10H,2-9H2,1H3;8H,2-7H2,1H3;6H,2-5H2,1H3. The maximum Gasteiger partial charge on any atom is 0.0701 e.